The van der Waals surface area contributed by atoms with E-state index in [9.17, 15) is 0 Å². The maximum atomic E-state index is 6.05. The number of benzene rings is 1. The van der Waals surface area contributed by atoms with Crippen molar-refractivity contribution in [3.8, 4) is 0 Å². The number of furan rings is 1. The first-order chi connectivity index (χ1) is 9.83. The van der Waals surface area contributed by atoms with E-state index in [0.29, 0.717) is 12.6 Å². The van der Waals surface area contributed by atoms with Crippen molar-refractivity contribution in [1.82, 2.24) is 4.90 Å². The molecule has 0 spiro atoms. The van der Waals surface area contributed by atoms with Gasteiger partial charge in [0.2, 0.25) is 0 Å². The average molecular weight is 274 g/mol. The first-order valence-corrected chi connectivity index (χ1v) is 7.35. The molecule has 1 saturated heterocycles. The van der Waals surface area contributed by atoms with Crippen molar-refractivity contribution in [3.63, 3.8) is 0 Å². The molecule has 4 heteroatoms. The van der Waals surface area contributed by atoms with E-state index in [1.165, 1.54) is 10.9 Å². The van der Waals surface area contributed by atoms with E-state index < -0.39 is 0 Å². The molecule has 1 aliphatic heterocycles. The van der Waals surface area contributed by atoms with E-state index in [4.69, 9.17) is 14.9 Å². The molecule has 3 rings (SSSR count). The summed E-state index contributed by atoms with van der Waals surface area (Å²) in [6.45, 7) is 5.42. The van der Waals surface area contributed by atoms with E-state index in [1.807, 2.05) is 24.5 Å². The molecule has 2 aromatic rings. The van der Waals surface area contributed by atoms with Crippen LogP contribution < -0.4 is 5.73 Å². The van der Waals surface area contributed by atoms with Crippen LogP contribution in [0.15, 0.2) is 34.9 Å². The van der Waals surface area contributed by atoms with Crippen LogP contribution in [0.1, 0.15) is 24.9 Å². The van der Waals surface area contributed by atoms with Gasteiger partial charge in [-0.3, -0.25) is 4.90 Å². The highest BCUT2D eigenvalue weighted by Gasteiger charge is 2.27. The molecule has 0 aliphatic carbocycles. The minimum absolute atomic E-state index is 0.205. The van der Waals surface area contributed by atoms with Crippen LogP contribution in [-0.2, 0) is 4.74 Å². The Morgan fingerprint density at radius 3 is 3.05 bits per heavy atom. The van der Waals surface area contributed by atoms with Gasteiger partial charge in [0.25, 0.3) is 0 Å². The molecule has 20 heavy (non-hydrogen) atoms. The summed E-state index contributed by atoms with van der Waals surface area (Å²) in [5, 5.41) is 1.17. The lowest BCUT2D eigenvalue weighted by Crippen LogP contribution is -2.45. The van der Waals surface area contributed by atoms with Crippen molar-refractivity contribution in [1.29, 1.82) is 0 Å². The molecule has 1 fully saturated rings. The van der Waals surface area contributed by atoms with Gasteiger partial charge in [-0.2, -0.15) is 0 Å². The lowest BCUT2D eigenvalue weighted by atomic mass is 10.0. The van der Waals surface area contributed by atoms with Gasteiger partial charge in [-0.1, -0.05) is 25.1 Å². The van der Waals surface area contributed by atoms with Gasteiger partial charge < -0.3 is 14.9 Å². The van der Waals surface area contributed by atoms with Gasteiger partial charge in [-0.05, 0) is 12.5 Å². The van der Waals surface area contributed by atoms with E-state index in [0.717, 1.165) is 31.7 Å². The second-order valence-corrected chi connectivity index (χ2v) is 5.33. The Kier molecular flexibility index (Phi) is 4.05. The summed E-state index contributed by atoms with van der Waals surface area (Å²) in [5.41, 5.74) is 8.17. The van der Waals surface area contributed by atoms with Gasteiger partial charge in [0.1, 0.15) is 5.58 Å². The fourth-order valence-electron chi connectivity index (χ4n) is 3.00. The molecule has 2 unspecified atom stereocenters. The highest BCUT2D eigenvalue weighted by molar-refractivity contribution is 5.81. The number of fused-ring (bicyclic) bond motifs is 1. The zero-order valence-electron chi connectivity index (χ0n) is 11.9. The number of para-hydroxylation sites is 1. The molecule has 0 bridgehead atoms. The van der Waals surface area contributed by atoms with E-state index in [2.05, 4.69) is 17.9 Å². The normalized spacial score (nSPS) is 22.2. The van der Waals surface area contributed by atoms with Crippen LogP contribution in [0.4, 0.5) is 0 Å². The van der Waals surface area contributed by atoms with Crippen molar-refractivity contribution in [2.45, 2.75) is 25.5 Å². The SMILES string of the molecule is CCC1CN(C(CN)c2coc3ccccc23)CCO1. The Bertz CT molecular complexity index is 566. The average Bonchev–Trinajstić information content (AvgIpc) is 2.93. The Labute approximate surface area is 119 Å². The molecule has 0 radical (unpaired) electrons. The molecular weight excluding hydrogens is 252 g/mol. The van der Waals surface area contributed by atoms with Crippen LogP contribution >= 0.6 is 0 Å². The summed E-state index contributed by atoms with van der Waals surface area (Å²) in [6.07, 6.45) is 3.22. The molecule has 1 aromatic carbocycles. The summed E-state index contributed by atoms with van der Waals surface area (Å²) in [7, 11) is 0. The van der Waals surface area contributed by atoms with Crippen molar-refractivity contribution >= 4 is 11.0 Å². The number of morpholine rings is 1. The van der Waals surface area contributed by atoms with Gasteiger partial charge in [-0.15, -0.1) is 0 Å². The molecule has 2 heterocycles. The number of hydrogen-bond acceptors (Lipinski definition) is 4. The number of ether oxygens (including phenoxy) is 1. The maximum Gasteiger partial charge on any atom is 0.134 e. The molecule has 1 aliphatic rings. The number of nitrogens with zero attached hydrogens (tertiary/aromatic N) is 1. The standard InChI is InChI=1S/C16H22N2O2/c1-2-12-10-18(7-8-19-12)15(9-17)14-11-20-16-6-4-3-5-13(14)16/h3-6,11-12,15H,2,7-10,17H2,1H3. The monoisotopic (exact) mass is 274 g/mol. The molecule has 108 valence electrons. The van der Waals surface area contributed by atoms with Crippen LogP contribution in [0.3, 0.4) is 0 Å². The van der Waals surface area contributed by atoms with Gasteiger partial charge in [0.15, 0.2) is 0 Å². The lowest BCUT2D eigenvalue weighted by Gasteiger charge is -2.37. The fraction of sp³-hybridized carbons (Fsp3) is 0.500. The van der Waals surface area contributed by atoms with Crippen LogP contribution in [-0.4, -0.2) is 37.2 Å². The maximum absolute atomic E-state index is 6.05. The zero-order valence-corrected chi connectivity index (χ0v) is 11.9. The highest BCUT2D eigenvalue weighted by atomic mass is 16.5. The summed E-state index contributed by atoms with van der Waals surface area (Å²) in [6, 6.07) is 8.35. The van der Waals surface area contributed by atoms with Crippen molar-refractivity contribution in [2.24, 2.45) is 5.73 Å². The van der Waals surface area contributed by atoms with Crippen LogP contribution in [0, 0.1) is 0 Å². The quantitative estimate of drug-likeness (QED) is 0.931. The van der Waals surface area contributed by atoms with Crippen LogP contribution in [0.5, 0.6) is 0 Å². The van der Waals surface area contributed by atoms with E-state index >= 15 is 0 Å². The Balaban J connectivity index is 1.89. The Morgan fingerprint density at radius 2 is 2.25 bits per heavy atom. The Morgan fingerprint density at radius 1 is 1.40 bits per heavy atom. The molecule has 4 nitrogen and oxygen atoms in total. The van der Waals surface area contributed by atoms with Crippen LogP contribution in [0.25, 0.3) is 11.0 Å². The van der Waals surface area contributed by atoms with Gasteiger partial charge in [0, 0.05) is 30.6 Å². The molecule has 2 atom stereocenters. The number of hydrogen-bond donors (Lipinski definition) is 1. The fourth-order valence-corrected chi connectivity index (χ4v) is 3.00. The van der Waals surface area contributed by atoms with E-state index in [-0.39, 0.29) is 6.04 Å². The Hall–Kier alpha value is -1.36. The first-order valence-electron chi connectivity index (χ1n) is 7.35. The summed E-state index contributed by atoms with van der Waals surface area (Å²) in [4.78, 5) is 2.43. The summed E-state index contributed by atoms with van der Waals surface area (Å²) < 4.78 is 11.4. The third kappa shape index (κ3) is 2.46. The van der Waals surface area contributed by atoms with Crippen molar-refractivity contribution < 1.29 is 9.15 Å². The third-order valence-corrected chi connectivity index (χ3v) is 4.16. The van der Waals surface area contributed by atoms with Gasteiger partial charge >= 0.3 is 0 Å². The first kappa shape index (κ1) is 13.6. The molecule has 0 amide bonds. The van der Waals surface area contributed by atoms with E-state index in [1.54, 1.807) is 0 Å². The predicted octanol–water partition coefficient (Wildman–Crippen LogP) is 2.54. The third-order valence-electron chi connectivity index (χ3n) is 4.16. The minimum Gasteiger partial charge on any atom is -0.464 e. The predicted molar refractivity (Wildman–Crippen MR) is 79.6 cm³/mol. The summed E-state index contributed by atoms with van der Waals surface area (Å²) in [5.74, 6) is 0. The van der Waals surface area contributed by atoms with Crippen LogP contribution in [0.2, 0.25) is 0 Å². The highest BCUT2D eigenvalue weighted by Crippen LogP contribution is 2.30. The molecule has 2 N–H and O–H groups in total. The number of nitrogens with two attached hydrogens (primary N) is 1. The topological polar surface area (TPSA) is 51.6 Å². The van der Waals surface area contributed by atoms with Crippen molar-refractivity contribution in [2.75, 3.05) is 26.2 Å². The zero-order chi connectivity index (χ0) is 13.9. The molecule has 0 saturated carbocycles. The second kappa shape index (κ2) is 5.95. The largest absolute Gasteiger partial charge is 0.464 e. The van der Waals surface area contributed by atoms with Crippen molar-refractivity contribution in [3.05, 3.63) is 36.1 Å². The smallest absolute Gasteiger partial charge is 0.134 e. The minimum atomic E-state index is 0.205. The summed E-state index contributed by atoms with van der Waals surface area (Å²) >= 11 is 0. The second-order valence-electron chi connectivity index (χ2n) is 5.33. The van der Waals surface area contributed by atoms with Gasteiger partial charge in [0.05, 0.1) is 25.0 Å². The molecular formula is C16H22N2O2. The van der Waals surface area contributed by atoms with Gasteiger partial charge in [-0.25, -0.2) is 0 Å². The molecule has 1 aromatic heterocycles. The lowest BCUT2D eigenvalue weighted by molar-refractivity contribution is -0.0436. The number of rotatable bonds is 4.